The topological polar surface area (TPSA) is 63.0 Å². The molecule has 18 heavy (non-hydrogen) atoms. The maximum Gasteiger partial charge on any atom is 0.315 e. The van der Waals surface area contributed by atoms with E-state index in [0.29, 0.717) is 30.5 Å². The van der Waals surface area contributed by atoms with Gasteiger partial charge in [0.1, 0.15) is 0 Å². The van der Waals surface area contributed by atoms with Crippen molar-refractivity contribution >= 4 is 6.01 Å². The van der Waals surface area contributed by atoms with Crippen molar-refractivity contribution in [3.8, 4) is 0 Å². The molecule has 5 heteroatoms. The van der Waals surface area contributed by atoms with Crippen molar-refractivity contribution in [1.82, 2.24) is 15.5 Å². The van der Waals surface area contributed by atoms with Crippen molar-refractivity contribution in [3.05, 3.63) is 5.89 Å². The van der Waals surface area contributed by atoms with Crippen LogP contribution in [0, 0.1) is 5.92 Å². The zero-order chi connectivity index (χ0) is 13.0. The van der Waals surface area contributed by atoms with E-state index in [0.717, 1.165) is 5.92 Å². The molecule has 0 saturated heterocycles. The molecule has 0 radical (unpaired) electrons. The van der Waals surface area contributed by atoms with Crippen LogP contribution >= 0.6 is 0 Å². The third-order valence-electron chi connectivity index (χ3n) is 3.47. The first-order valence-electron chi connectivity index (χ1n) is 6.95. The molecule has 1 aliphatic rings. The normalized spacial score (nSPS) is 24.4. The molecule has 1 aromatic rings. The second-order valence-electron chi connectivity index (χ2n) is 5.64. The van der Waals surface area contributed by atoms with Gasteiger partial charge in [0.15, 0.2) is 0 Å². The highest BCUT2D eigenvalue weighted by molar-refractivity contribution is 5.19. The Bertz CT molecular complexity index is 356. The van der Waals surface area contributed by atoms with Gasteiger partial charge >= 0.3 is 6.01 Å². The summed E-state index contributed by atoms with van der Waals surface area (Å²) in [7, 11) is 0. The molecule has 5 nitrogen and oxygen atoms in total. The number of rotatable bonds is 5. The molecule has 2 N–H and O–H groups in total. The van der Waals surface area contributed by atoms with Crippen LogP contribution in [0.15, 0.2) is 4.42 Å². The van der Waals surface area contributed by atoms with Crippen LogP contribution in [0.5, 0.6) is 0 Å². The fourth-order valence-electron chi connectivity index (χ4n) is 2.25. The first-order chi connectivity index (χ1) is 8.63. The molecule has 2 rings (SSSR count). The Labute approximate surface area is 109 Å². The molecule has 0 spiro atoms. The van der Waals surface area contributed by atoms with Gasteiger partial charge in [0, 0.05) is 12.1 Å². The fourth-order valence-corrected chi connectivity index (χ4v) is 2.25. The molecule has 102 valence electrons. The summed E-state index contributed by atoms with van der Waals surface area (Å²) in [5.41, 5.74) is 0. The summed E-state index contributed by atoms with van der Waals surface area (Å²) in [5, 5.41) is 14.7. The monoisotopic (exact) mass is 252 g/mol. The SMILES string of the molecule is CC1CCC(Nc2nnc(CNC(C)C)o2)CC1. The largest absolute Gasteiger partial charge is 0.407 e. The number of hydrogen-bond acceptors (Lipinski definition) is 5. The average molecular weight is 252 g/mol. The summed E-state index contributed by atoms with van der Waals surface area (Å²) in [6.07, 6.45) is 4.97. The van der Waals surface area contributed by atoms with Crippen LogP contribution < -0.4 is 10.6 Å². The van der Waals surface area contributed by atoms with Gasteiger partial charge in [0.05, 0.1) is 6.54 Å². The number of aromatic nitrogens is 2. The molecule has 0 bridgehead atoms. The third kappa shape index (κ3) is 3.98. The summed E-state index contributed by atoms with van der Waals surface area (Å²) >= 11 is 0. The zero-order valence-electron chi connectivity index (χ0n) is 11.6. The van der Waals surface area contributed by atoms with Crippen molar-refractivity contribution in [2.24, 2.45) is 5.92 Å². The quantitative estimate of drug-likeness (QED) is 0.843. The molecule has 0 atom stereocenters. The maximum atomic E-state index is 5.57. The molecule has 0 aliphatic heterocycles. The molecule has 1 heterocycles. The molecular weight excluding hydrogens is 228 g/mol. The molecule has 1 fully saturated rings. The van der Waals surface area contributed by atoms with Crippen LogP contribution in [-0.4, -0.2) is 22.3 Å². The predicted molar refractivity (Wildman–Crippen MR) is 71.3 cm³/mol. The Hall–Kier alpha value is -1.10. The van der Waals surface area contributed by atoms with Crippen LogP contribution in [0.1, 0.15) is 52.3 Å². The Morgan fingerprint density at radius 1 is 1.22 bits per heavy atom. The lowest BCUT2D eigenvalue weighted by Gasteiger charge is -2.25. The van der Waals surface area contributed by atoms with Gasteiger partial charge in [-0.15, -0.1) is 5.10 Å². The van der Waals surface area contributed by atoms with Crippen molar-refractivity contribution in [2.45, 2.75) is 65.1 Å². The lowest BCUT2D eigenvalue weighted by atomic mass is 9.87. The van der Waals surface area contributed by atoms with Crippen molar-refractivity contribution in [1.29, 1.82) is 0 Å². The Morgan fingerprint density at radius 2 is 1.94 bits per heavy atom. The van der Waals surface area contributed by atoms with Gasteiger partial charge in [-0.25, -0.2) is 0 Å². The van der Waals surface area contributed by atoms with E-state index in [1.807, 2.05) is 0 Å². The van der Waals surface area contributed by atoms with Crippen LogP contribution in [0.3, 0.4) is 0 Å². The lowest BCUT2D eigenvalue weighted by molar-refractivity contribution is 0.354. The van der Waals surface area contributed by atoms with Gasteiger partial charge in [0.25, 0.3) is 0 Å². The van der Waals surface area contributed by atoms with Crippen molar-refractivity contribution in [3.63, 3.8) is 0 Å². The average Bonchev–Trinajstić information content (AvgIpc) is 2.77. The van der Waals surface area contributed by atoms with Gasteiger partial charge in [-0.1, -0.05) is 25.9 Å². The molecule has 1 saturated carbocycles. The molecule has 0 aromatic carbocycles. The van der Waals surface area contributed by atoms with Crippen molar-refractivity contribution in [2.75, 3.05) is 5.32 Å². The molecule has 0 amide bonds. The van der Waals surface area contributed by atoms with Gasteiger partial charge in [0.2, 0.25) is 5.89 Å². The smallest absolute Gasteiger partial charge is 0.315 e. The van der Waals surface area contributed by atoms with E-state index in [9.17, 15) is 0 Å². The van der Waals surface area contributed by atoms with E-state index in [1.165, 1.54) is 25.7 Å². The Morgan fingerprint density at radius 3 is 2.61 bits per heavy atom. The number of hydrogen-bond donors (Lipinski definition) is 2. The number of nitrogens with one attached hydrogen (secondary N) is 2. The summed E-state index contributed by atoms with van der Waals surface area (Å²) in [6, 6.07) is 1.48. The summed E-state index contributed by atoms with van der Waals surface area (Å²) in [6.45, 7) is 7.14. The first kappa shape index (κ1) is 13.3. The van der Waals surface area contributed by atoms with Crippen molar-refractivity contribution < 1.29 is 4.42 Å². The van der Waals surface area contributed by atoms with Gasteiger partial charge in [-0.2, -0.15) is 0 Å². The van der Waals surface area contributed by atoms with Gasteiger partial charge < -0.3 is 15.1 Å². The van der Waals surface area contributed by atoms with Gasteiger partial charge in [-0.3, -0.25) is 0 Å². The highest BCUT2D eigenvalue weighted by atomic mass is 16.4. The standard InChI is InChI=1S/C13H24N4O/c1-9(2)14-8-12-16-17-13(18-12)15-11-6-4-10(3)5-7-11/h9-11,14H,4-8H2,1-3H3,(H,15,17). The van der Waals surface area contributed by atoms with E-state index in [4.69, 9.17) is 4.42 Å². The zero-order valence-corrected chi connectivity index (χ0v) is 11.6. The Balaban J connectivity index is 1.79. The predicted octanol–water partition coefficient (Wildman–Crippen LogP) is 2.56. The highest BCUT2D eigenvalue weighted by Gasteiger charge is 2.19. The van der Waals surface area contributed by atoms with Crippen LogP contribution in [0.4, 0.5) is 6.01 Å². The minimum absolute atomic E-state index is 0.424. The summed E-state index contributed by atoms with van der Waals surface area (Å²) in [4.78, 5) is 0. The van der Waals surface area contributed by atoms with E-state index >= 15 is 0 Å². The van der Waals surface area contributed by atoms with E-state index in [1.54, 1.807) is 0 Å². The molecule has 1 aromatic heterocycles. The van der Waals surface area contributed by atoms with Gasteiger partial charge in [-0.05, 0) is 31.6 Å². The van der Waals surface area contributed by atoms with Crippen LogP contribution in [0.2, 0.25) is 0 Å². The second kappa shape index (κ2) is 6.18. The molecular formula is C13H24N4O. The third-order valence-corrected chi connectivity index (χ3v) is 3.47. The van der Waals surface area contributed by atoms with Crippen LogP contribution in [-0.2, 0) is 6.54 Å². The minimum atomic E-state index is 0.424. The first-order valence-corrected chi connectivity index (χ1v) is 6.95. The maximum absolute atomic E-state index is 5.57. The number of nitrogens with zero attached hydrogens (tertiary/aromatic N) is 2. The lowest BCUT2D eigenvalue weighted by Crippen LogP contribution is -2.25. The van der Waals surface area contributed by atoms with E-state index < -0.39 is 0 Å². The summed E-state index contributed by atoms with van der Waals surface area (Å²) < 4.78 is 5.57. The minimum Gasteiger partial charge on any atom is -0.407 e. The second-order valence-corrected chi connectivity index (χ2v) is 5.64. The highest BCUT2D eigenvalue weighted by Crippen LogP contribution is 2.25. The van der Waals surface area contributed by atoms with Crippen LogP contribution in [0.25, 0.3) is 0 Å². The van der Waals surface area contributed by atoms with E-state index in [2.05, 4.69) is 41.6 Å². The Kier molecular flexibility index (Phi) is 4.58. The van der Waals surface area contributed by atoms with E-state index in [-0.39, 0.29) is 0 Å². The summed E-state index contributed by atoms with van der Waals surface area (Å²) in [5.74, 6) is 1.51. The fraction of sp³-hybridized carbons (Fsp3) is 0.846. The number of anilines is 1. The molecule has 0 unspecified atom stereocenters. The molecule has 1 aliphatic carbocycles.